The maximum absolute atomic E-state index is 16.9. The van der Waals surface area contributed by atoms with E-state index in [9.17, 15) is 9.90 Å². The van der Waals surface area contributed by atoms with Crippen LogP contribution in [0, 0.1) is 22.7 Å². The normalized spacial score (nSPS) is 52.9. The number of aliphatic hydroxyl groups is 1. The van der Waals surface area contributed by atoms with Crippen LogP contribution >= 0.6 is 11.8 Å². The molecule has 0 aromatic carbocycles. The topological polar surface area (TPSA) is 37.3 Å². The molecule has 0 aromatic rings. The van der Waals surface area contributed by atoms with Gasteiger partial charge in [-0.15, -0.1) is 0 Å². The molecule has 0 saturated heterocycles. The number of aliphatic hydroxyl groups excluding tert-OH is 1. The maximum atomic E-state index is 16.9. The third kappa shape index (κ3) is 1.96. The lowest BCUT2D eigenvalue weighted by atomic mass is 9.45. The van der Waals surface area contributed by atoms with E-state index in [-0.39, 0.29) is 21.9 Å². The van der Waals surface area contributed by atoms with E-state index in [1.165, 1.54) is 6.08 Å². The minimum absolute atomic E-state index is 0.0351. The summed E-state index contributed by atoms with van der Waals surface area (Å²) in [7, 11) is 0. The second-order valence-corrected chi connectivity index (χ2v) is 10.5. The van der Waals surface area contributed by atoms with E-state index in [2.05, 4.69) is 20.1 Å². The molecule has 3 saturated carbocycles. The number of hydrogen-bond acceptors (Lipinski definition) is 3. The molecule has 3 fully saturated rings. The average molecular weight is 379 g/mol. The Morgan fingerprint density at radius 1 is 1.31 bits per heavy atom. The summed E-state index contributed by atoms with van der Waals surface area (Å²) in [6, 6.07) is 0. The number of carbonyl (C=O) groups excluding carboxylic acids is 1. The molecule has 7 atom stereocenters. The highest BCUT2D eigenvalue weighted by Gasteiger charge is 2.72. The molecule has 0 heterocycles. The lowest BCUT2D eigenvalue weighted by Crippen LogP contribution is -2.67. The molecule has 4 heteroatoms. The number of allylic oxidation sites excluding steroid dienone is 4. The predicted molar refractivity (Wildman–Crippen MR) is 105 cm³/mol. The Morgan fingerprint density at radius 3 is 2.69 bits per heavy atom. The van der Waals surface area contributed by atoms with Crippen molar-refractivity contribution in [2.24, 2.45) is 22.7 Å². The minimum Gasteiger partial charge on any atom is -0.390 e. The number of hydrogen-bond donors (Lipinski definition) is 1. The molecule has 0 spiro atoms. The van der Waals surface area contributed by atoms with Crippen LogP contribution in [0.3, 0.4) is 0 Å². The van der Waals surface area contributed by atoms with Gasteiger partial charge >= 0.3 is 0 Å². The maximum Gasteiger partial charge on any atom is 0.178 e. The number of rotatable bonds is 2. The highest BCUT2D eigenvalue weighted by Crippen LogP contribution is 2.72. The summed E-state index contributed by atoms with van der Waals surface area (Å²) in [6.07, 6.45) is 11.3. The number of thioether (sulfide) groups is 1. The lowest BCUT2D eigenvalue weighted by Gasteiger charge is -2.63. The van der Waals surface area contributed by atoms with Gasteiger partial charge in [0.1, 0.15) is 0 Å². The van der Waals surface area contributed by atoms with Gasteiger partial charge in [-0.25, -0.2) is 4.39 Å². The van der Waals surface area contributed by atoms with Gasteiger partial charge in [-0.3, -0.25) is 4.79 Å². The van der Waals surface area contributed by atoms with E-state index in [1.807, 2.05) is 18.7 Å². The molecule has 0 aliphatic heterocycles. The molecule has 0 bridgehead atoms. The zero-order chi connectivity index (χ0) is 19.0. The first-order chi connectivity index (χ1) is 12.2. The summed E-state index contributed by atoms with van der Waals surface area (Å²) < 4.78 is 17.0. The molecule has 0 aromatic heterocycles. The van der Waals surface area contributed by atoms with Crippen LogP contribution in [0.5, 0.6) is 0 Å². The van der Waals surface area contributed by atoms with Crippen molar-refractivity contribution in [1.82, 2.24) is 0 Å². The Balaban J connectivity index is 1.82. The number of alkyl halides is 1. The second-order valence-electron chi connectivity index (χ2n) is 9.36. The Morgan fingerprint density at radius 2 is 2.04 bits per heavy atom. The van der Waals surface area contributed by atoms with Crippen molar-refractivity contribution >= 4 is 17.5 Å². The quantitative estimate of drug-likeness (QED) is 0.745. The molecule has 0 amide bonds. The molecule has 4 rings (SSSR count). The average Bonchev–Trinajstić information content (AvgIpc) is 2.89. The summed E-state index contributed by atoms with van der Waals surface area (Å²) in [4.78, 5) is 11.9. The van der Waals surface area contributed by atoms with Crippen LogP contribution in [0.4, 0.5) is 4.39 Å². The van der Waals surface area contributed by atoms with Gasteiger partial charge in [0.15, 0.2) is 11.5 Å². The van der Waals surface area contributed by atoms with E-state index in [0.717, 1.165) is 37.7 Å². The Bertz CT molecular complexity index is 696. The van der Waals surface area contributed by atoms with E-state index in [1.54, 1.807) is 12.2 Å². The number of carbonyl (C=O) groups is 1. The summed E-state index contributed by atoms with van der Waals surface area (Å²) in [6.45, 7) is 6.45. The molecule has 4 aliphatic carbocycles. The highest BCUT2D eigenvalue weighted by molar-refractivity contribution is 8.00. The van der Waals surface area contributed by atoms with Gasteiger partial charge < -0.3 is 5.11 Å². The van der Waals surface area contributed by atoms with Crippen LogP contribution in [0.2, 0.25) is 0 Å². The van der Waals surface area contributed by atoms with Gasteiger partial charge in [-0.05, 0) is 75.2 Å². The Labute approximate surface area is 160 Å². The Kier molecular flexibility index (Phi) is 4.11. The highest BCUT2D eigenvalue weighted by atomic mass is 32.2. The largest absolute Gasteiger partial charge is 0.390 e. The van der Waals surface area contributed by atoms with Gasteiger partial charge in [-0.1, -0.05) is 25.5 Å². The van der Waals surface area contributed by atoms with Crippen LogP contribution in [0.1, 0.15) is 59.3 Å². The molecule has 26 heavy (non-hydrogen) atoms. The van der Waals surface area contributed by atoms with E-state index < -0.39 is 17.2 Å². The van der Waals surface area contributed by atoms with Crippen molar-refractivity contribution in [3.8, 4) is 0 Å². The second kappa shape index (κ2) is 5.70. The molecule has 1 unspecified atom stereocenters. The zero-order valence-electron chi connectivity index (χ0n) is 16.3. The number of fused-ring (bicyclic) bond motifs is 5. The van der Waals surface area contributed by atoms with Crippen LogP contribution in [-0.2, 0) is 4.79 Å². The summed E-state index contributed by atoms with van der Waals surface area (Å²) in [5.41, 5.74) is -1.70. The summed E-state index contributed by atoms with van der Waals surface area (Å²) in [5.74, 6) is 0.104. The van der Waals surface area contributed by atoms with Crippen molar-refractivity contribution in [1.29, 1.82) is 0 Å². The smallest absolute Gasteiger partial charge is 0.178 e. The molecule has 144 valence electrons. The van der Waals surface area contributed by atoms with Gasteiger partial charge in [0.2, 0.25) is 0 Å². The molecule has 1 N–H and O–H groups in total. The van der Waals surface area contributed by atoms with Gasteiger partial charge in [-0.2, -0.15) is 11.8 Å². The van der Waals surface area contributed by atoms with Crippen molar-refractivity contribution in [2.75, 3.05) is 6.26 Å². The first-order valence-corrected chi connectivity index (χ1v) is 11.3. The first kappa shape index (κ1) is 18.7. The monoisotopic (exact) mass is 378 g/mol. The van der Waals surface area contributed by atoms with Gasteiger partial charge in [0.25, 0.3) is 0 Å². The van der Waals surface area contributed by atoms with Crippen molar-refractivity contribution < 1.29 is 14.3 Å². The summed E-state index contributed by atoms with van der Waals surface area (Å²) in [5, 5.41) is 11.2. The van der Waals surface area contributed by atoms with E-state index >= 15 is 4.39 Å². The summed E-state index contributed by atoms with van der Waals surface area (Å²) >= 11 is 1.92. The number of halogens is 1. The third-order valence-electron chi connectivity index (χ3n) is 8.89. The van der Waals surface area contributed by atoms with Crippen LogP contribution in [0.25, 0.3) is 0 Å². The SMILES string of the molecule is CC[C@]1(SC)CC[C@H]2[C@@H]3CCC4=CC(=O)C=C[C@]4(C)C3(F)[C@@H](O)C[C@@]21C. The fourth-order valence-corrected chi connectivity index (χ4v) is 8.66. The fourth-order valence-electron chi connectivity index (χ4n) is 7.35. The molecular formula is C22H31FO2S. The zero-order valence-corrected chi connectivity index (χ0v) is 17.2. The minimum atomic E-state index is -1.68. The fraction of sp³-hybridized carbons (Fsp3) is 0.773. The molecule has 0 radical (unpaired) electrons. The van der Waals surface area contributed by atoms with Gasteiger partial charge in [0.05, 0.1) is 6.10 Å². The molecule has 2 nitrogen and oxygen atoms in total. The first-order valence-electron chi connectivity index (χ1n) is 10.0. The molecule has 4 aliphatic rings. The third-order valence-corrected chi connectivity index (χ3v) is 10.6. The standard InChI is InChI=1S/C22H31FO2S/c1-5-21(26-4)11-9-16-17-7-6-14-12-15(24)8-10-19(14,2)22(17,23)18(25)13-20(16,21)3/h8,10,12,16-18,25H,5-7,9,11,13H2,1-4H3/t16-,17-,18-,19-,20-,21-,22?/m0/s1. The van der Waals surface area contributed by atoms with Crippen molar-refractivity contribution in [3.05, 3.63) is 23.8 Å². The van der Waals surface area contributed by atoms with E-state index in [4.69, 9.17) is 0 Å². The Hall–Kier alpha value is -0.610. The van der Waals surface area contributed by atoms with Crippen molar-refractivity contribution in [2.45, 2.75) is 75.8 Å². The number of ketones is 1. The van der Waals surface area contributed by atoms with Crippen LogP contribution < -0.4 is 0 Å². The van der Waals surface area contributed by atoms with Crippen LogP contribution in [0.15, 0.2) is 23.8 Å². The molecular weight excluding hydrogens is 347 g/mol. The van der Waals surface area contributed by atoms with Crippen LogP contribution in [-0.4, -0.2) is 33.7 Å². The van der Waals surface area contributed by atoms with Gasteiger partial charge in [0, 0.05) is 16.1 Å². The van der Waals surface area contributed by atoms with E-state index in [0.29, 0.717) is 12.3 Å². The van der Waals surface area contributed by atoms with Crippen molar-refractivity contribution in [3.63, 3.8) is 0 Å². The lowest BCUT2D eigenvalue weighted by molar-refractivity contribution is -0.192. The predicted octanol–water partition coefficient (Wildman–Crippen LogP) is 4.87.